The molecule has 12 heavy (non-hydrogen) atoms. The van der Waals surface area contributed by atoms with Gasteiger partial charge < -0.3 is 9.47 Å². The van der Waals surface area contributed by atoms with Gasteiger partial charge in [0, 0.05) is 26.9 Å². The van der Waals surface area contributed by atoms with Crippen LogP contribution in [0.3, 0.4) is 0 Å². The van der Waals surface area contributed by atoms with E-state index in [0.717, 1.165) is 19.8 Å². The molecular formula is C10H22O2. The fourth-order valence-electron chi connectivity index (χ4n) is 1.35. The van der Waals surface area contributed by atoms with Crippen LogP contribution < -0.4 is 0 Å². The highest BCUT2D eigenvalue weighted by Gasteiger charge is 2.14. The predicted molar refractivity (Wildman–Crippen MR) is 51.3 cm³/mol. The van der Waals surface area contributed by atoms with Crippen molar-refractivity contribution in [2.45, 2.75) is 27.2 Å². The minimum Gasteiger partial charge on any atom is -0.384 e. The zero-order chi connectivity index (χ0) is 9.40. The normalized spacial score (nSPS) is 16.0. The van der Waals surface area contributed by atoms with E-state index in [1.807, 2.05) is 6.92 Å². The van der Waals surface area contributed by atoms with Crippen LogP contribution in [0, 0.1) is 11.8 Å². The Morgan fingerprint density at radius 3 is 2.25 bits per heavy atom. The largest absolute Gasteiger partial charge is 0.384 e. The van der Waals surface area contributed by atoms with Crippen LogP contribution in [0.1, 0.15) is 27.2 Å². The molecule has 74 valence electrons. The van der Waals surface area contributed by atoms with E-state index in [9.17, 15) is 0 Å². The van der Waals surface area contributed by atoms with Gasteiger partial charge in [-0.05, 0) is 18.8 Å². The Morgan fingerprint density at radius 2 is 1.83 bits per heavy atom. The average molecular weight is 174 g/mol. The standard InChI is InChI=1S/C10H22O2/c1-5-10(8-12-6-2)9(3)7-11-4/h9-10H,5-8H2,1-4H3. The van der Waals surface area contributed by atoms with Crippen molar-refractivity contribution in [1.29, 1.82) is 0 Å². The van der Waals surface area contributed by atoms with Crippen molar-refractivity contribution in [3.05, 3.63) is 0 Å². The molecule has 0 aromatic heterocycles. The summed E-state index contributed by atoms with van der Waals surface area (Å²) in [7, 11) is 1.75. The summed E-state index contributed by atoms with van der Waals surface area (Å²) in [4.78, 5) is 0. The third kappa shape index (κ3) is 4.73. The van der Waals surface area contributed by atoms with Gasteiger partial charge in [0.1, 0.15) is 0 Å². The minimum absolute atomic E-state index is 0.603. The molecule has 0 N–H and O–H groups in total. The summed E-state index contributed by atoms with van der Waals surface area (Å²) >= 11 is 0. The summed E-state index contributed by atoms with van der Waals surface area (Å²) in [6, 6.07) is 0. The molecule has 2 atom stereocenters. The number of ether oxygens (including phenoxy) is 2. The first-order chi connectivity index (χ1) is 5.76. The Bertz CT molecular complexity index is 93.8. The summed E-state index contributed by atoms with van der Waals surface area (Å²) in [5, 5.41) is 0. The Labute approximate surface area is 76.3 Å². The SMILES string of the molecule is CCOCC(CC)C(C)COC. The van der Waals surface area contributed by atoms with Gasteiger partial charge in [-0.25, -0.2) is 0 Å². The van der Waals surface area contributed by atoms with Crippen LogP contribution >= 0.6 is 0 Å². The molecule has 0 aliphatic heterocycles. The molecule has 0 rings (SSSR count). The molecule has 0 amide bonds. The van der Waals surface area contributed by atoms with E-state index >= 15 is 0 Å². The summed E-state index contributed by atoms with van der Waals surface area (Å²) < 4.78 is 10.5. The first kappa shape index (κ1) is 11.9. The second-order valence-corrected chi connectivity index (χ2v) is 3.26. The molecule has 2 heteroatoms. The van der Waals surface area contributed by atoms with Crippen molar-refractivity contribution in [3.63, 3.8) is 0 Å². The average Bonchev–Trinajstić information content (AvgIpc) is 2.06. The molecule has 0 saturated carbocycles. The molecule has 0 heterocycles. The van der Waals surface area contributed by atoms with Crippen molar-refractivity contribution >= 4 is 0 Å². The van der Waals surface area contributed by atoms with Gasteiger partial charge in [-0.15, -0.1) is 0 Å². The van der Waals surface area contributed by atoms with E-state index in [-0.39, 0.29) is 0 Å². The molecule has 2 unspecified atom stereocenters. The highest BCUT2D eigenvalue weighted by atomic mass is 16.5. The van der Waals surface area contributed by atoms with Crippen molar-refractivity contribution in [3.8, 4) is 0 Å². The lowest BCUT2D eigenvalue weighted by atomic mass is 9.93. The summed E-state index contributed by atoms with van der Waals surface area (Å²) in [5.41, 5.74) is 0. The van der Waals surface area contributed by atoms with E-state index in [1.165, 1.54) is 6.42 Å². The zero-order valence-corrected chi connectivity index (χ0v) is 8.80. The Hall–Kier alpha value is -0.0800. The molecule has 0 saturated heterocycles. The molecule has 0 bridgehead atoms. The second-order valence-electron chi connectivity index (χ2n) is 3.26. The van der Waals surface area contributed by atoms with Gasteiger partial charge in [0.15, 0.2) is 0 Å². The third-order valence-corrected chi connectivity index (χ3v) is 2.29. The van der Waals surface area contributed by atoms with E-state index in [1.54, 1.807) is 7.11 Å². The molecule has 0 fully saturated rings. The maximum Gasteiger partial charge on any atom is 0.0497 e. The van der Waals surface area contributed by atoms with E-state index in [2.05, 4.69) is 13.8 Å². The molecule has 0 aromatic carbocycles. The number of hydrogen-bond donors (Lipinski definition) is 0. The summed E-state index contributed by atoms with van der Waals surface area (Å²) in [5.74, 6) is 1.25. The highest BCUT2D eigenvalue weighted by molar-refractivity contribution is 4.63. The lowest BCUT2D eigenvalue weighted by Crippen LogP contribution is -2.21. The van der Waals surface area contributed by atoms with Crippen molar-refractivity contribution in [1.82, 2.24) is 0 Å². The smallest absolute Gasteiger partial charge is 0.0497 e. The van der Waals surface area contributed by atoms with Crippen molar-refractivity contribution < 1.29 is 9.47 Å². The minimum atomic E-state index is 0.603. The molecule has 0 spiro atoms. The Balaban J connectivity index is 3.62. The summed E-state index contributed by atoms with van der Waals surface area (Å²) in [6.07, 6.45) is 1.17. The van der Waals surface area contributed by atoms with E-state index < -0.39 is 0 Å². The van der Waals surface area contributed by atoms with Gasteiger partial charge in [-0.1, -0.05) is 20.3 Å². The first-order valence-corrected chi connectivity index (χ1v) is 4.82. The van der Waals surface area contributed by atoms with Crippen LogP contribution in [-0.2, 0) is 9.47 Å². The summed E-state index contributed by atoms with van der Waals surface area (Å²) in [6.45, 7) is 8.99. The van der Waals surface area contributed by atoms with E-state index in [0.29, 0.717) is 11.8 Å². The van der Waals surface area contributed by atoms with Crippen LogP contribution in [0.15, 0.2) is 0 Å². The molecule has 0 aromatic rings. The number of rotatable bonds is 7. The molecule has 0 radical (unpaired) electrons. The Kier molecular flexibility index (Phi) is 7.51. The maximum absolute atomic E-state index is 5.40. The van der Waals surface area contributed by atoms with Crippen LogP contribution in [0.5, 0.6) is 0 Å². The predicted octanol–water partition coefficient (Wildman–Crippen LogP) is 2.33. The fraction of sp³-hybridized carbons (Fsp3) is 1.00. The van der Waals surface area contributed by atoms with Gasteiger partial charge in [-0.2, -0.15) is 0 Å². The molecule has 0 aliphatic rings. The van der Waals surface area contributed by atoms with Crippen molar-refractivity contribution in [2.24, 2.45) is 11.8 Å². The maximum atomic E-state index is 5.40. The lowest BCUT2D eigenvalue weighted by Gasteiger charge is -2.21. The fourth-order valence-corrected chi connectivity index (χ4v) is 1.35. The number of hydrogen-bond acceptors (Lipinski definition) is 2. The Morgan fingerprint density at radius 1 is 1.17 bits per heavy atom. The van der Waals surface area contributed by atoms with E-state index in [4.69, 9.17) is 9.47 Å². The highest BCUT2D eigenvalue weighted by Crippen LogP contribution is 2.15. The first-order valence-electron chi connectivity index (χ1n) is 4.82. The van der Waals surface area contributed by atoms with Gasteiger partial charge >= 0.3 is 0 Å². The second kappa shape index (κ2) is 7.56. The third-order valence-electron chi connectivity index (χ3n) is 2.29. The van der Waals surface area contributed by atoms with Gasteiger partial charge in [-0.3, -0.25) is 0 Å². The van der Waals surface area contributed by atoms with Crippen LogP contribution in [0.4, 0.5) is 0 Å². The lowest BCUT2D eigenvalue weighted by molar-refractivity contribution is 0.0569. The molecule has 0 aliphatic carbocycles. The van der Waals surface area contributed by atoms with Crippen LogP contribution in [-0.4, -0.2) is 26.9 Å². The van der Waals surface area contributed by atoms with Crippen LogP contribution in [0.2, 0.25) is 0 Å². The van der Waals surface area contributed by atoms with Gasteiger partial charge in [0.2, 0.25) is 0 Å². The zero-order valence-electron chi connectivity index (χ0n) is 8.80. The van der Waals surface area contributed by atoms with Gasteiger partial charge in [0.25, 0.3) is 0 Å². The van der Waals surface area contributed by atoms with Gasteiger partial charge in [0.05, 0.1) is 0 Å². The monoisotopic (exact) mass is 174 g/mol. The molecular weight excluding hydrogens is 152 g/mol. The van der Waals surface area contributed by atoms with Crippen LogP contribution in [0.25, 0.3) is 0 Å². The topological polar surface area (TPSA) is 18.5 Å². The quantitative estimate of drug-likeness (QED) is 0.589. The number of methoxy groups -OCH3 is 1. The molecule has 2 nitrogen and oxygen atoms in total. The van der Waals surface area contributed by atoms with Crippen molar-refractivity contribution in [2.75, 3.05) is 26.9 Å².